The summed E-state index contributed by atoms with van der Waals surface area (Å²) in [5, 5.41) is 3.86. The highest BCUT2D eigenvalue weighted by Crippen LogP contribution is 2.30. The number of anilines is 1. The number of nitrogens with zero attached hydrogens (tertiary/aromatic N) is 6. The SMILES string of the molecule is CNC(=O)N1CCN(CCc2cn(Cc3ncc(C)c(OC)c3C)c3nc(N)nc(Cl)c23)CC1. The Kier molecular flexibility index (Phi) is 7.08. The van der Waals surface area contributed by atoms with Gasteiger partial charge < -0.3 is 25.3 Å². The molecule has 3 N–H and O–H groups in total. The molecule has 10 nitrogen and oxygen atoms in total. The molecule has 34 heavy (non-hydrogen) atoms. The van der Waals surface area contributed by atoms with Crippen molar-refractivity contribution in [1.82, 2.24) is 34.6 Å². The van der Waals surface area contributed by atoms with Crippen molar-refractivity contribution in [1.29, 1.82) is 0 Å². The summed E-state index contributed by atoms with van der Waals surface area (Å²) in [7, 11) is 3.33. The van der Waals surface area contributed by atoms with Crippen LogP contribution < -0.4 is 15.8 Å². The molecule has 0 aromatic carbocycles. The van der Waals surface area contributed by atoms with Gasteiger partial charge in [0.15, 0.2) is 0 Å². The van der Waals surface area contributed by atoms with Gasteiger partial charge in [0.25, 0.3) is 0 Å². The maximum absolute atomic E-state index is 11.8. The molecule has 3 aromatic rings. The number of amides is 2. The van der Waals surface area contributed by atoms with E-state index in [-0.39, 0.29) is 12.0 Å². The van der Waals surface area contributed by atoms with Crippen LogP contribution in [0.4, 0.5) is 10.7 Å². The summed E-state index contributed by atoms with van der Waals surface area (Å²) in [6.45, 7) is 8.42. The molecule has 0 saturated carbocycles. The number of pyridine rings is 1. The standard InChI is InChI=1S/C23H31ClN8O2/c1-14-11-27-17(15(2)19(14)34-4)13-32-12-16(18-20(24)28-22(25)29-21(18)32)5-6-30-7-9-31(10-8-30)23(33)26-3/h11-12H,5-10,13H2,1-4H3,(H,26,33)(H2,25,28,29). The molecular formula is C23H31ClN8O2. The Morgan fingerprint density at radius 3 is 2.65 bits per heavy atom. The number of hydrogen-bond donors (Lipinski definition) is 2. The minimum atomic E-state index is -0.0270. The highest BCUT2D eigenvalue weighted by atomic mass is 35.5. The van der Waals surface area contributed by atoms with E-state index < -0.39 is 0 Å². The fraction of sp³-hybridized carbons (Fsp3) is 0.478. The molecule has 0 atom stereocenters. The van der Waals surface area contributed by atoms with E-state index in [9.17, 15) is 4.79 Å². The Bertz CT molecular complexity index is 1200. The lowest BCUT2D eigenvalue weighted by molar-refractivity contribution is 0.141. The highest BCUT2D eigenvalue weighted by Gasteiger charge is 2.22. The second-order valence-electron chi connectivity index (χ2n) is 8.53. The first-order valence-electron chi connectivity index (χ1n) is 11.3. The topological polar surface area (TPSA) is 114 Å². The molecule has 0 aliphatic carbocycles. The molecule has 3 aromatic heterocycles. The fourth-order valence-corrected chi connectivity index (χ4v) is 4.84. The summed E-state index contributed by atoms with van der Waals surface area (Å²) in [6.07, 6.45) is 4.67. The van der Waals surface area contributed by atoms with Gasteiger partial charge in [0.2, 0.25) is 5.95 Å². The van der Waals surface area contributed by atoms with Crippen molar-refractivity contribution in [3.05, 3.63) is 39.9 Å². The van der Waals surface area contributed by atoms with Crippen molar-refractivity contribution in [2.75, 3.05) is 52.6 Å². The van der Waals surface area contributed by atoms with Crippen LogP contribution in [0.2, 0.25) is 5.15 Å². The van der Waals surface area contributed by atoms with E-state index in [1.54, 1.807) is 14.2 Å². The quantitative estimate of drug-likeness (QED) is 0.513. The number of halogens is 1. The lowest BCUT2D eigenvalue weighted by Gasteiger charge is -2.34. The zero-order valence-corrected chi connectivity index (χ0v) is 20.8. The number of nitrogens with two attached hydrogens (primary N) is 1. The number of ether oxygens (including phenoxy) is 1. The van der Waals surface area contributed by atoms with E-state index in [1.165, 1.54) is 0 Å². The molecule has 1 aliphatic heterocycles. The first kappa shape index (κ1) is 24.0. The van der Waals surface area contributed by atoms with Crippen LogP contribution in [0.1, 0.15) is 22.4 Å². The van der Waals surface area contributed by atoms with Crippen LogP contribution in [0.3, 0.4) is 0 Å². The Morgan fingerprint density at radius 2 is 1.97 bits per heavy atom. The van der Waals surface area contributed by atoms with Crippen LogP contribution in [0.15, 0.2) is 12.4 Å². The summed E-state index contributed by atoms with van der Waals surface area (Å²) in [4.78, 5) is 29.4. The number of aryl methyl sites for hydroxylation is 1. The second-order valence-corrected chi connectivity index (χ2v) is 8.89. The number of rotatable bonds is 6. The molecule has 1 saturated heterocycles. The number of nitrogens with one attached hydrogen (secondary N) is 1. The van der Waals surface area contributed by atoms with Crippen molar-refractivity contribution in [2.24, 2.45) is 0 Å². The number of piperazine rings is 1. The lowest BCUT2D eigenvalue weighted by atomic mass is 10.1. The molecule has 0 bridgehead atoms. The van der Waals surface area contributed by atoms with Crippen LogP contribution in [-0.2, 0) is 13.0 Å². The fourth-order valence-electron chi connectivity index (χ4n) is 4.55. The van der Waals surface area contributed by atoms with E-state index in [0.29, 0.717) is 30.4 Å². The van der Waals surface area contributed by atoms with Gasteiger partial charge in [-0.15, -0.1) is 0 Å². The smallest absolute Gasteiger partial charge is 0.317 e. The second kappa shape index (κ2) is 10.0. The largest absolute Gasteiger partial charge is 0.496 e. The van der Waals surface area contributed by atoms with Gasteiger partial charge in [-0.25, -0.2) is 9.78 Å². The number of aromatic nitrogens is 4. The predicted molar refractivity (Wildman–Crippen MR) is 132 cm³/mol. The minimum absolute atomic E-state index is 0.0270. The Labute approximate surface area is 204 Å². The molecule has 2 amide bonds. The van der Waals surface area contributed by atoms with Gasteiger partial charge in [0.05, 0.1) is 24.7 Å². The van der Waals surface area contributed by atoms with Gasteiger partial charge in [-0.05, 0) is 25.8 Å². The molecule has 0 unspecified atom stereocenters. The zero-order valence-electron chi connectivity index (χ0n) is 20.1. The number of fused-ring (bicyclic) bond motifs is 1. The summed E-state index contributed by atoms with van der Waals surface area (Å²) < 4.78 is 7.60. The highest BCUT2D eigenvalue weighted by molar-refractivity contribution is 6.34. The van der Waals surface area contributed by atoms with Gasteiger partial charge in [0, 0.05) is 63.3 Å². The van der Waals surface area contributed by atoms with Crippen molar-refractivity contribution in [3.63, 3.8) is 0 Å². The van der Waals surface area contributed by atoms with Gasteiger partial charge >= 0.3 is 6.03 Å². The van der Waals surface area contributed by atoms with E-state index in [4.69, 9.17) is 22.1 Å². The summed E-state index contributed by atoms with van der Waals surface area (Å²) in [5.41, 5.74) is 10.6. The van der Waals surface area contributed by atoms with Crippen molar-refractivity contribution >= 4 is 34.6 Å². The van der Waals surface area contributed by atoms with Gasteiger partial charge in [-0.2, -0.15) is 4.98 Å². The zero-order chi connectivity index (χ0) is 24.4. The number of nitrogen functional groups attached to an aromatic ring is 1. The van der Waals surface area contributed by atoms with E-state index >= 15 is 0 Å². The average molecular weight is 487 g/mol. The summed E-state index contributed by atoms with van der Waals surface area (Å²) >= 11 is 6.53. The summed E-state index contributed by atoms with van der Waals surface area (Å²) in [5.74, 6) is 0.977. The monoisotopic (exact) mass is 486 g/mol. The van der Waals surface area contributed by atoms with Gasteiger partial charge in [-0.1, -0.05) is 11.6 Å². The van der Waals surface area contributed by atoms with Gasteiger partial charge in [0.1, 0.15) is 16.5 Å². The Morgan fingerprint density at radius 1 is 1.24 bits per heavy atom. The first-order chi connectivity index (χ1) is 16.3. The molecule has 0 spiro atoms. The van der Waals surface area contributed by atoms with Gasteiger partial charge in [-0.3, -0.25) is 9.88 Å². The molecular weight excluding hydrogens is 456 g/mol. The van der Waals surface area contributed by atoms with Crippen LogP contribution in [0.25, 0.3) is 11.0 Å². The van der Waals surface area contributed by atoms with Crippen LogP contribution in [0, 0.1) is 13.8 Å². The number of carbonyl (C=O) groups excluding carboxylic acids is 1. The molecule has 4 heterocycles. The average Bonchev–Trinajstić information content (AvgIpc) is 3.17. The van der Waals surface area contributed by atoms with Crippen molar-refractivity contribution in [2.45, 2.75) is 26.8 Å². The third-order valence-electron chi connectivity index (χ3n) is 6.41. The molecule has 11 heteroatoms. The number of urea groups is 1. The molecule has 1 aliphatic rings. The molecule has 1 fully saturated rings. The number of hydrogen-bond acceptors (Lipinski definition) is 7. The predicted octanol–water partition coefficient (Wildman–Crippen LogP) is 2.24. The Balaban J connectivity index is 1.58. The van der Waals surface area contributed by atoms with E-state index in [2.05, 4.69) is 31.4 Å². The van der Waals surface area contributed by atoms with Crippen LogP contribution in [0.5, 0.6) is 5.75 Å². The van der Waals surface area contributed by atoms with E-state index in [1.807, 2.05) is 29.5 Å². The van der Waals surface area contributed by atoms with Crippen molar-refractivity contribution < 1.29 is 9.53 Å². The number of methoxy groups -OCH3 is 1. The first-order valence-corrected chi connectivity index (χ1v) is 11.7. The molecule has 4 rings (SSSR count). The summed E-state index contributed by atoms with van der Waals surface area (Å²) in [6, 6.07) is -0.0270. The third kappa shape index (κ3) is 4.74. The van der Waals surface area contributed by atoms with E-state index in [0.717, 1.165) is 59.6 Å². The minimum Gasteiger partial charge on any atom is -0.496 e. The normalized spacial score (nSPS) is 14.6. The lowest BCUT2D eigenvalue weighted by Crippen LogP contribution is -2.51. The Hall–Kier alpha value is -3.11. The molecule has 0 radical (unpaired) electrons. The van der Waals surface area contributed by atoms with Crippen LogP contribution >= 0.6 is 11.6 Å². The maximum Gasteiger partial charge on any atom is 0.317 e. The molecule has 182 valence electrons. The number of carbonyl (C=O) groups is 1. The van der Waals surface area contributed by atoms with Crippen LogP contribution in [-0.4, -0.2) is 82.2 Å². The maximum atomic E-state index is 11.8. The van der Waals surface area contributed by atoms with Crippen molar-refractivity contribution in [3.8, 4) is 5.75 Å². The third-order valence-corrected chi connectivity index (χ3v) is 6.68.